The van der Waals surface area contributed by atoms with Crippen molar-refractivity contribution in [1.29, 1.82) is 0 Å². The van der Waals surface area contributed by atoms with Gasteiger partial charge in [0.15, 0.2) is 0 Å². The molecule has 1 aromatic rings. The van der Waals surface area contributed by atoms with Crippen LogP contribution in [0.15, 0.2) is 6.07 Å². The molecule has 0 aliphatic carbocycles. The number of aromatic nitrogens is 2. The first-order valence-corrected chi connectivity index (χ1v) is 4.76. The van der Waals surface area contributed by atoms with Crippen LogP contribution in [0.5, 0.6) is 0 Å². The quantitative estimate of drug-likeness (QED) is 0.732. The van der Waals surface area contributed by atoms with Crippen molar-refractivity contribution in [3.05, 3.63) is 17.5 Å². The Kier molecular flexibility index (Phi) is 3.73. The highest BCUT2D eigenvalue weighted by atomic mass is 15.3. The molecule has 0 bridgehead atoms. The molecule has 3 heteroatoms. The van der Waals surface area contributed by atoms with Crippen molar-refractivity contribution in [1.82, 2.24) is 15.1 Å². The normalized spacial score (nSPS) is 12.0. The number of nitrogens with zero attached hydrogens (tertiary/aromatic N) is 2. The predicted octanol–water partition coefficient (Wildman–Crippen LogP) is 1.40. The second-order valence-electron chi connectivity index (χ2n) is 3.31. The minimum Gasteiger partial charge on any atom is -0.311 e. The van der Waals surface area contributed by atoms with Gasteiger partial charge in [0.2, 0.25) is 0 Å². The first-order chi connectivity index (χ1) is 6.69. The fourth-order valence-electron chi connectivity index (χ4n) is 1.32. The Bertz CT molecular complexity index is 335. The third kappa shape index (κ3) is 2.36. The summed E-state index contributed by atoms with van der Waals surface area (Å²) in [5.74, 6) is 5.96. The summed E-state index contributed by atoms with van der Waals surface area (Å²) >= 11 is 0. The molecule has 0 fully saturated rings. The maximum Gasteiger partial charge on any atom is 0.0806 e. The van der Waals surface area contributed by atoms with Gasteiger partial charge in [-0.2, -0.15) is 5.10 Å². The zero-order valence-corrected chi connectivity index (χ0v) is 9.26. The zero-order chi connectivity index (χ0) is 10.6. The van der Waals surface area contributed by atoms with Crippen LogP contribution < -0.4 is 5.32 Å². The van der Waals surface area contributed by atoms with Crippen molar-refractivity contribution < 1.29 is 0 Å². The van der Waals surface area contributed by atoms with Crippen molar-refractivity contribution in [2.75, 3.05) is 7.05 Å². The van der Waals surface area contributed by atoms with E-state index < -0.39 is 0 Å². The van der Waals surface area contributed by atoms with Crippen LogP contribution >= 0.6 is 0 Å². The van der Waals surface area contributed by atoms with Gasteiger partial charge in [-0.05, 0) is 27.0 Å². The maximum absolute atomic E-state index is 4.42. The van der Waals surface area contributed by atoms with Crippen molar-refractivity contribution in [3.63, 3.8) is 0 Å². The molecular weight excluding hydrogens is 174 g/mol. The molecule has 0 saturated heterocycles. The average molecular weight is 191 g/mol. The van der Waals surface area contributed by atoms with Crippen molar-refractivity contribution in [3.8, 4) is 11.8 Å². The van der Waals surface area contributed by atoms with Gasteiger partial charge in [0.1, 0.15) is 0 Å². The summed E-state index contributed by atoms with van der Waals surface area (Å²) in [7, 11) is 3.89. The molecule has 1 heterocycles. The van der Waals surface area contributed by atoms with E-state index in [2.05, 4.69) is 35.2 Å². The Morgan fingerprint density at radius 2 is 2.36 bits per heavy atom. The van der Waals surface area contributed by atoms with E-state index in [9.17, 15) is 0 Å². The van der Waals surface area contributed by atoms with Gasteiger partial charge in [-0.15, -0.1) is 11.8 Å². The van der Waals surface area contributed by atoms with E-state index in [-0.39, 0.29) is 6.04 Å². The molecule has 0 spiro atoms. The van der Waals surface area contributed by atoms with Crippen molar-refractivity contribution >= 4 is 0 Å². The van der Waals surface area contributed by atoms with Crippen LogP contribution in [0.2, 0.25) is 0 Å². The summed E-state index contributed by atoms with van der Waals surface area (Å²) in [5.41, 5.74) is 2.24. The summed E-state index contributed by atoms with van der Waals surface area (Å²) in [6.07, 6.45) is 0.809. The van der Waals surface area contributed by atoms with Gasteiger partial charge in [-0.3, -0.25) is 4.68 Å². The van der Waals surface area contributed by atoms with Gasteiger partial charge in [0.05, 0.1) is 11.7 Å². The zero-order valence-electron chi connectivity index (χ0n) is 9.26. The molecular formula is C11H17N3. The average Bonchev–Trinajstić information content (AvgIpc) is 2.48. The number of rotatable bonds is 3. The van der Waals surface area contributed by atoms with Gasteiger partial charge in [0, 0.05) is 19.2 Å². The SMILES string of the molecule is CC#CCC(NC)c1cc(C)n(C)n1. The highest BCUT2D eigenvalue weighted by Crippen LogP contribution is 2.14. The lowest BCUT2D eigenvalue weighted by Crippen LogP contribution is -2.16. The predicted molar refractivity (Wildman–Crippen MR) is 57.8 cm³/mol. The Labute approximate surface area is 85.5 Å². The molecule has 1 unspecified atom stereocenters. The lowest BCUT2D eigenvalue weighted by molar-refractivity contribution is 0.577. The minimum absolute atomic E-state index is 0.238. The fraction of sp³-hybridized carbons (Fsp3) is 0.545. The van der Waals surface area contributed by atoms with Crippen molar-refractivity contribution in [2.24, 2.45) is 7.05 Å². The van der Waals surface area contributed by atoms with Crippen LogP contribution in [0.3, 0.4) is 0 Å². The summed E-state index contributed by atoms with van der Waals surface area (Å²) in [5, 5.41) is 7.64. The molecule has 1 aromatic heterocycles. The second-order valence-corrected chi connectivity index (χ2v) is 3.31. The molecule has 0 aromatic carbocycles. The summed E-state index contributed by atoms with van der Waals surface area (Å²) in [6.45, 7) is 3.91. The summed E-state index contributed by atoms with van der Waals surface area (Å²) < 4.78 is 1.89. The lowest BCUT2D eigenvalue weighted by Gasteiger charge is -2.09. The molecule has 76 valence electrons. The van der Waals surface area contributed by atoms with Crippen LogP contribution in [0.1, 0.15) is 30.8 Å². The molecule has 3 nitrogen and oxygen atoms in total. The topological polar surface area (TPSA) is 29.9 Å². The number of nitrogens with one attached hydrogen (secondary N) is 1. The monoisotopic (exact) mass is 191 g/mol. The van der Waals surface area contributed by atoms with E-state index in [1.165, 1.54) is 5.69 Å². The van der Waals surface area contributed by atoms with Crippen LogP contribution in [-0.2, 0) is 7.05 Å². The first kappa shape index (κ1) is 10.8. The standard InChI is InChI=1S/C11H17N3/c1-5-6-7-10(12-3)11-8-9(2)14(4)13-11/h8,10,12H,7H2,1-4H3. The summed E-state index contributed by atoms with van der Waals surface area (Å²) in [6, 6.07) is 2.33. The molecule has 0 aliphatic heterocycles. The van der Waals surface area contributed by atoms with Gasteiger partial charge < -0.3 is 5.32 Å². The van der Waals surface area contributed by atoms with Gasteiger partial charge >= 0.3 is 0 Å². The van der Waals surface area contributed by atoms with Crippen LogP contribution in [0.4, 0.5) is 0 Å². The largest absolute Gasteiger partial charge is 0.311 e. The molecule has 0 saturated carbocycles. The third-order valence-electron chi connectivity index (χ3n) is 2.32. The molecule has 0 amide bonds. The van der Waals surface area contributed by atoms with Crippen LogP contribution in [0, 0.1) is 18.8 Å². The van der Waals surface area contributed by atoms with Gasteiger partial charge in [-0.1, -0.05) is 0 Å². The van der Waals surface area contributed by atoms with E-state index in [1.807, 2.05) is 25.7 Å². The molecule has 1 atom stereocenters. The Morgan fingerprint density at radius 3 is 2.79 bits per heavy atom. The number of hydrogen-bond acceptors (Lipinski definition) is 2. The summed E-state index contributed by atoms with van der Waals surface area (Å²) in [4.78, 5) is 0. The van der Waals surface area contributed by atoms with E-state index in [0.29, 0.717) is 0 Å². The maximum atomic E-state index is 4.42. The van der Waals surface area contributed by atoms with Gasteiger partial charge in [0.25, 0.3) is 0 Å². The third-order valence-corrected chi connectivity index (χ3v) is 2.32. The minimum atomic E-state index is 0.238. The number of hydrogen-bond donors (Lipinski definition) is 1. The highest BCUT2D eigenvalue weighted by Gasteiger charge is 2.11. The van der Waals surface area contributed by atoms with E-state index in [4.69, 9.17) is 0 Å². The molecule has 1 rings (SSSR count). The molecule has 14 heavy (non-hydrogen) atoms. The van der Waals surface area contributed by atoms with E-state index in [0.717, 1.165) is 12.1 Å². The van der Waals surface area contributed by atoms with Crippen molar-refractivity contribution in [2.45, 2.75) is 26.3 Å². The smallest absolute Gasteiger partial charge is 0.0806 e. The van der Waals surface area contributed by atoms with Gasteiger partial charge in [-0.25, -0.2) is 0 Å². The first-order valence-electron chi connectivity index (χ1n) is 4.76. The molecule has 1 N–H and O–H groups in total. The molecule has 0 radical (unpaired) electrons. The van der Waals surface area contributed by atoms with Crippen LogP contribution in [-0.4, -0.2) is 16.8 Å². The number of aryl methyl sites for hydroxylation is 2. The lowest BCUT2D eigenvalue weighted by atomic mass is 10.1. The molecule has 0 aliphatic rings. The fourth-order valence-corrected chi connectivity index (χ4v) is 1.32. The Balaban J connectivity index is 2.81. The second kappa shape index (κ2) is 4.83. The Hall–Kier alpha value is -1.27. The van der Waals surface area contributed by atoms with E-state index >= 15 is 0 Å². The highest BCUT2D eigenvalue weighted by molar-refractivity contribution is 5.15. The Morgan fingerprint density at radius 1 is 1.64 bits per heavy atom. The van der Waals surface area contributed by atoms with Crippen LogP contribution in [0.25, 0.3) is 0 Å². The van der Waals surface area contributed by atoms with E-state index in [1.54, 1.807) is 0 Å².